The highest BCUT2D eigenvalue weighted by Gasteiger charge is 2.38. The lowest BCUT2D eigenvalue weighted by Gasteiger charge is -2.34. The molecule has 0 spiro atoms. The van der Waals surface area contributed by atoms with Gasteiger partial charge in [-0.2, -0.15) is 0 Å². The molecule has 4 rings (SSSR count). The van der Waals surface area contributed by atoms with Gasteiger partial charge < -0.3 is 25.4 Å². The molecule has 224 valence electrons. The van der Waals surface area contributed by atoms with Crippen molar-refractivity contribution in [1.82, 2.24) is 20.9 Å². The molecule has 3 amide bonds. The number of amides is 3. The van der Waals surface area contributed by atoms with E-state index < -0.39 is 30.1 Å². The molecule has 0 saturated heterocycles. The number of ether oxygens (including phenoxy) is 2. The normalized spacial score (nSPS) is 22.6. The number of benzene rings is 2. The standard InChI is InChI=1S/C32H46N4O5/c1-20(2)17-25-30(37)33-19-27(40-7)23-13-15-24(16-14-23)41-29(21(3)4)28(32(39)34-25)35-31(38)26(36(5)6)18-22-11-9-8-10-12-22/h8-16,20-21,25-29H,17-19H2,1-7H3,(H,33,37)(H,34,39)(H,35,38)/t25-,26+,27-,28+,29-/m1/s1. The predicted octanol–water partition coefficient (Wildman–Crippen LogP) is 3.10. The maximum absolute atomic E-state index is 14.0. The topological polar surface area (TPSA) is 109 Å². The quantitative estimate of drug-likeness (QED) is 0.431. The van der Waals surface area contributed by atoms with Crippen LogP contribution in [0.1, 0.15) is 51.3 Å². The van der Waals surface area contributed by atoms with E-state index in [0.717, 1.165) is 11.1 Å². The zero-order chi connectivity index (χ0) is 30.1. The molecule has 41 heavy (non-hydrogen) atoms. The van der Waals surface area contributed by atoms with Gasteiger partial charge in [-0.15, -0.1) is 0 Å². The van der Waals surface area contributed by atoms with Crippen molar-refractivity contribution in [2.75, 3.05) is 27.7 Å². The van der Waals surface area contributed by atoms with Crippen LogP contribution in [0.15, 0.2) is 54.6 Å². The van der Waals surface area contributed by atoms with Crippen LogP contribution in [-0.4, -0.2) is 74.6 Å². The SMILES string of the molecule is CO[C@@H]1CNC(=O)[C@@H](CC(C)C)NC(=O)[C@@H](NC(=O)[C@H](Cc2ccccc2)N(C)C)[C@@H](C(C)C)Oc2ccc1cc2. The molecule has 0 unspecified atom stereocenters. The lowest BCUT2D eigenvalue weighted by Crippen LogP contribution is -2.62. The van der Waals surface area contributed by atoms with Crippen LogP contribution in [-0.2, 0) is 25.5 Å². The van der Waals surface area contributed by atoms with Crippen molar-refractivity contribution < 1.29 is 23.9 Å². The second-order valence-electron chi connectivity index (χ2n) is 11.7. The summed E-state index contributed by atoms with van der Waals surface area (Å²) in [5.41, 5.74) is 1.90. The first-order valence-corrected chi connectivity index (χ1v) is 14.4. The Morgan fingerprint density at radius 2 is 1.68 bits per heavy atom. The molecule has 9 nitrogen and oxygen atoms in total. The van der Waals surface area contributed by atoms with Gasteiger partial charge in [0.15, 0.2) is 0 Å². The summed E-state index contributed by atoms with van der Waals surface area (Å²) in [6.45, 7) is 8.13. The Morgan fingerprint density at radius 1 is 1.02 bits per heavy atom. The van der Waals surface area contributed by atoms with Gasteiger partial charge in [0.25, 0.3) is 0 Å². The van der Waals surface area contributed by atoms with Crippen LogP contribution in [0.25, 0.3) is 0 Å². The highest BCUT2D eigenvalue weighted by atomic mass is 16.5. The molecule has 0 fully saturated rings. The summed E-state index contributed by atoms with van der Waals surface area (Å²) in [6, 6.07) is 14.8. The number of rotatable bonds is 9. The van der Waals surface area contributed by atoms with Crippen molar-refractivity contribution in [3.05, 3.63) is 65.7 Å². The molecule has 2 heterocycles. The van der Waals surface area contributed by atoms with Crippen molar-refractivity contribution in [1.29, 1.82) is 0 Å². The molecular formula is C32H46N4O5. The van der Waals surface area contributed by atoms with E-state index in [1.807, 2.05) is 101 Å². The number of likely N-dealkylation sites (N-methyl/N-ethyl adjacent to an activating group) is 1. The monoisotopic (exact) mass is 566 g/mol. The number of carbonyl (C=O) groups excluding carboxylic acids is 3. The highest BCUT2D eigenvalue weighted by Crippen LogP contribution is 2.24. The van der Waals surface area contributed by atoms with Crippen molar-refractivity contribution in [2.24, 2.45) is 11.8 Å². The molecule has 0 saturated carbocycles. The third-order valence-electron chi connectivity index (χ3n) is 7.37. The van der Waals surface area contributed by atoms with Gasteiger partial charge in [0, 0.05) is 13.7 Å². The van der Waals surface area contributed by atoms with Gasteiger partial charge in [0.05, 0.1) is 12.1 Å². The van der Waals surface area contributed by atoms with Gasteiger partial charge in [0.2, 0.25) is 17.7 Å². The van der Waals surface area contributed by atoms with Crippen LogP contribution in [0.3, 0.4) is 0 Å². The minimum atomic E-state index is -1.04. The van der Waals surface area contributed by atoms with Crippen LogP contribution in [0.5, 0.6) is 5.75 Å². The van der Waals surface area contributed by atoms with Crippen molar-refractivity contribution >= 4 is 17.7 Å². The average Bonchev–Trinajstić information content (AvgIpc) is 2.93. The number of hydrogen-bond acceptors (Lipinski definition) is 6. The number of nitrogens with one attached hydrogen (secondary N) is 3. The molecule has 0 aliphatic carbocycles. The van der Waals surface area contributed by atoms with E-state index in [1.54, 1.807) is 7.11 Å². The van der Waals surface area contributed by atoms with E-state index in [1.165, 1.54) is 0 Å². The smallest absolute Gasteiger partial charge is 0.247 e. The first-order valence-electron chi connectivity index (χ1n) is 14.4. The third-order valence-corrected chi connectivity index (χ3v) is 7.37. The van der Waals surface area contributed by atoms with E-state index in [-0.39, 0.29) is 36.3 Å². The maximum atomic E-state index is 14.0. The fraction of sp³-hybridized carbons (Fsp3) is 0.531. The van der Waals surface area contributed by atoms with E-state index in [9.17, 15) is 14.4 Å². The summed E-state index contributed by atoms with van der Waals surface area (Å²) < 4.78 is 12.0. The Hall–Kier alpha value is -3.43. The van der Waals surface area contributed by atoms with Gasteiger partial charge in [-0.25, -0.2) is 0 Å². The van der Waals surface area contributed by atoms with E-state index >= 15 is 0 Å². The Labute approximate surface area is 244 Å². The first-order chi connectivity index (χ1) is 19.5. The van der Waals surface area contributed by atoms with Crippen molar-refractivity contribution in [3.63, 3.8) is 0 Å². The number of methoxy groups -OCH3 is 1. The molecule has 2 aliphatic rings. The molecule has 3 N–H and O–H groups in total. The zero-order valence-corrected chi connectivity index (χ0v) is 25.3. The summed E-state index contributed by atoms with van der Waals surface area (Å²) >= 11 is 0. The Bertz CT molecular complexity index is 1140. The molecule has 0 aromatic heterocycles. The summed E-state index contributed by atoms with van der Waals surface area (Å²) in [4.78, 5) is 42.9. The Morgan fingerprint density at radius 3 is 2.24 bits per heavy atom. The average molecular weight is 567 g/mol. The van der Waals surface area contributed by atoms with Crippen LogP contribution in [0.4, 0.5) is 0 Å². The number of hydrogen-bond donors (Lipinski definition) is 3. The van der Waals surface area contributed by atoms with Crippen molar-refractivity contribution in [3.8, 4) is 5.75 Å². The van der Waals surface area contributed by atoms with Crippen LogP contribution < -0.4 is 20.7 Å². The van der Waals surface area contributed by atoms with Crippen LogP contribution >= 0.6 is 0 Å². The first kappa shape index (κ1) is 32.1. The van der Waals surface area contributed by atoms with E-state index in [2.05, 4.69) is 16.0 Å². The second-order valence-corrected chi connectivity index (χ2v) is 11.7. The largest absolute Gasteiger partial charge is 0.487 e. The highest BCUT2D eigenvalue weighted by molar-refractivity contribution is 5.93. The van der Waals surface area contributed by atoms with E-state index in [4.69, 9.17) is 9.47 Å². The van der Waals surface area contributed by atoms with Crippen LogP contribution in [0.2, 0.25) is 0 Å². The lowest BCUT2D eigenvalue weighted by atomic mass is 9.95. The lowest BCUT2D eigenvalue weighted by molar-refractivity contribution is -0.136. The molecule has 2 aliphatic heterocycles. The molecule has 2 aromatic carbocycles. The molecule has 5 atom stereocenters. The molecule has 2 bridgehead atoms. The summed E-state index contributed by atoms with van der Waals surface area (Å²) in [7, 11) is 5.28. The zero-order valence-electron chi connectivity index (χ0n) is 25.3. The fourth-order valence-corrected chi connectivity index (χ4v) is 5.02. The summed E-state index contributed by atoms with van der Waals surface area (Å²) in [5.74, 6) is -0.490. The molecule has 9 heteroatoms. The van der Waals surface area contributed by atoms with Crippen LogP contribution in [0, 0.1) is 11.8 Å². The predicted molar refractivity (Wildman–Crippen MR) is 159 cm³/mol. The second kappa shape index (κ2) is 15.0. The number of carbonyl (C=O) groups is 3. The number of fused-ring (bicyclic) bond motifs is 11. The van der Waals surface area contributed by atoms with Gasteiger partial charge >= 0.3 is 0 Å². The minimum Gasteiger partial charge on any atom is -0.487 e. The summed E-state index contributed by atoms with van der Waals surface area (Å²) in [5, 5.41) is 8.89. The van der Waals surface area contributed by atoms with Gasteiger partial charge in [0.1, 0.15) is 23.9 Å². The Kier molecular flexibility index (Phi) is 11.7. The van der Waals surface area contributed by atoms with Gasteiger partial charge in [-0.05, 0) is 62.0 Å². The molecular weight excluding hydrogens is 520 g/mol. The Balaban J connectivity index is 2.00. The van der Waals surface area contributed by atoms with Gasteiger partial charge in [-0.3, -0.25) is 19.3 Å². The number of nitrogens with zero attached hydrogens (tertiary/aromatic N) is 1. The summed E-state index contributed by atoms with van der Waals surface area (Å²) in [6.07, 6.45) is -0.146. The van der Waals surface area contributed by atoms with Gasteiger partial charge in [-0.1, -0.05) is 70.2 Å². The minimum absolute atomic E-state index is 0.143. The molecule has 0 radical (unpaired) electrons. The van der Waals surface area contributed by atoms with E-state index in [0.29, 0.717) is 18.6 Å². The molecule has 2 aromatic rings. The fourth-order valence-electron chi connectivity index (χ4n) is 5.02. The maximum Gasteiger partial charge on any atom is 0.247 e. The third kappa shape index (κ3) is 9.03. The van der Waals surface area contributed by atoms with Crippen molar-refractivity contribution in [2.45, 2.75) is 70.9 Å².